The molecule has 4 heteroatoms. The Morgan fingerprint density at radius 2 is 2.25 bits per heavy atom. The van der Waals surface area contributed by atoms with E-state index in [1.165, 1.54) is 0 Å². The molecule has 2 N–H and O–H groups in total. The molecule has 0 saturated carbocycles. The predicted molar refractivity (Wildman–Crippen MR) is 81.9 cm³/mol. The van der Waals surface area contributed by atoms with Gasteiger partial charge in [0, 0.05) is 25.0 Å². The molecular weight excluding hydrogens is 250 g/mol. The van der Waals surface area contributed by atoms with Gasteiger partial charge in [0.25, 0.3) is 0 Å². The Hall–Kier alpha value is -1.65. The van der Waals surface area contributed by atoms with Crippen LogP contribution in [0.25, 0.3) is 10.9 Å². The van der Waals surface area contributed by atoms with Crippen LogP contribution >= 0.6 is 0 Å². The molecule has 4 nitrogen and oxygen atoms in total. The zero-order chi connectivity index (χ0) is 13.9. The summed E-state index contributed by atoms with van der Waals surface area (Å²) in [7, 11) is 0. The predicted octanol–water partition coefficient (Wildman–Crippen LogP) is 2.31. The molecule has 1 aromatic heterocycles. The van der Waals surface area contributed by atoms with Gasteiger partial charge in [0.15, 0.2) is 0 Å². The Balaban J connectivity index is 1.99. The van der Waals surface area contributed by atoms with Crippen LogP contribution in [0.1, 0.15) is 18.9 Å². The second-order valence-electron chi connectivity index (χ2n) is 5.21. The van der Waals surface area contributed by atoms with Gasteiger partial charge < -0.3 is 15.4 Å². The lowest BCUT2D eigenvalue weighted by Gasteiger charge is -2.33. The summed E-state index contributed by atoms with van der Waals surface area (Å²) in [5, 5.41) is 1.15. The molecule has 20 heavy (non-hydrogen) atoms. The van der Waals surface area contributed by atoms with Gasteiger partial charge in [0.2, 0.25) is 0 Å². The maximum atomic E-state index is 5.90. The standard InChI is InChI=1S/C16H21N3O/c1-2-13-11-19(7-8-20-13)16-9-12(10-17)14-5-3-4-6-15(14)18-16/h3-6,9,13H,2,7-8,10-11,17H2,1H3. The molecule has 2 heterocycles. The van der Waals surface area contributed by atoms with E-state index in [9.17, 15) is 0 Å². The number of fused-ring (bicyclic) bond motifs is 1. The van der Waals surface area contributed by atoms with Crippen molar-refractivity contribution in [3.8, 4) is 0 Å². The van der Waals surface area contributed by atoms with Gasteiger partial charge in [0.05, 0.1) is 18.2 Å². The number of nitrogens with two attached hydrogens (primary N) is 1. The number of para-hydroxylation sites is 1. The second-order valence-corrected chi connectivity index (χ2v) is 5.21. The number of hydrogen-bond donors (Lipinski definition) is 1. The largest absolute Gasteiger partial charge is 0.375 e. The maximum Gasteiger partial charge on any atom is 0.129 e. The van der Waals surface area contributed by atoms with Crippen LogP contribution in [0.2, 0.25) is 0 Å². The molecule has 0 aliphatic carbocycles. The van der Waals surface area contributed by atoms with Crippen LogP contribution in [0.5, 0.6) is 0 Å². The van der Waals surface area contributed by atoms with Crippen molar-refractivity contribution < 1.29 is 4.74 Å². The highest BCUT2D eigenvalue weighted by Crippen LogP contribution is 2.24. The Labute approximate surface area is 119 Å². The summed E-state index contributed by atoms with van der Waals surface area (Å²) in [6, 6.07) is 10.3. The second kappa shape index (κ2) is 5.77. The minimum atomic E-state index is 0.304. The number of morpholine rings is 1. The van der Waals surface area contributed by atoms with Crippen LogP contribution in [0.3, 0.4) is 0 Å². The van der Waals surface area contributed by atoms with Crippen molar-refractivity contribution in [2.24, 2.45) is 5.73 Å². The first-order valence-electron chi connectivity index (χ1n) is 7.27. The fourth-order valence-corrected chi connectivity index (χ4v) is 2.74. The van der Waals surface area contributed by atoms with Crippen molar-refractivity contribution in [2.45, 2.75) is 26.0 Å². The van der Waals surface area contributed by atoms with E-state index >= 15 is 0 Å². The summed E-state index contributed by atoms with van der Waals surface area (Å²) >= 11 is 0. The van der Waals surface area contributed by atoms with Gasteiger partial charge >= 0.3 is 0 Å². The van der Waals surface area contributed by atoms with Crippen LogP contribution in [0.15, 0.2) is 30.3 Å². The molecule has 0 amide bonds. The Kier molecular flexibility index (Phi) is 3.85. The summed E-state index contributed by atoms with van der Waals surface area (Å²) in [4.78, 5) is 7.10. The minimum Gasteiger partial charge on any atom is -0.375 e. The highest BCUT2D eigenvalue weighted by molar-refractivity contribution is 5.84. The fraction of sp³-hybridized carbons (Fsp3) is 0.438. The zero-order valence-corrected chi connectivity index (χ0v) is 11.9. The van der Waals surface area contributed by atoms with E-state index in [4.69, 9.17) is 15.5 Å². The van der Waals surface area contributed by atoms with Crippen molar-refractivity contribution >= 4 is 16.7 Å². The van der Waals surface area contributed by atoms with Crippen LogP contribution < -0.4 is 10.6 Å². The molecule has 106 valence electrons. The quantitative estimate of drug-likeness (QED) is 0.930. The highest BCUT2D eigenvalue weighted by atomic mass is 16.5. The summed E-state index contributed by atoms with van der Waals surface area (Å²) in [6.07, 6.45) is 1.34. The Morgan fingerprint density at radius 1 is 1.40 bits per heavy atom. The summed E-state index contributed by atoms with van der Waals surface area (Å²) in [6.45, 7) is 5.27. The molecule has 3 rings (SSSR count). The van der Waals surface area contributed by atoms with E-state index < -0.39 is 0 Å². The number of nitrogens with zero attached hydrogens (tertiary/aromatic N) is 2. The van der Waals surface area contributed by atoms with Gasteiger partial charge in [-0.25, -0.2) is 4.98 Å². The molecule has 0 spiro atoms. The number of hydrogen-bond acceptors (Lipinski definition) is 4. The van der Waals surface area contributed by atoms with Gasteiger partial charge in [-0.05, 0) is 24.1 Å². The van der Waals surface area contributed by atoms with E-state index in [-0.39, 0.29) is 0 Å². The van der Waals surface area contributed by atoms with Gasteiger partial charge in [-0.2, -0.15) is 0 Å². The molecule has 1 atom stereocenters. The van der Waals surface area contributed by atoms with E-state index in [1.54, 1.807) is 0 Å². The molecule has 1 fully saturated rings. The topological polar surface area (TPSA) is 51.4 Å². The monoisotopic (exact) mass is 271 g/mol. The van der Waals surface area contributed by atoms with Crippen molar-refractivity contribution in [3.63, 3.8) is 0 Å². The van der Waals surface area contributed by atoms with Gasteiger partial charge in [-0.15, -0.1) is 0 Å². The van der Waals surface area contributed by atoms with Crippen molar-refractivity contribution in [1.29, 1.82) is 0 Å². The Bertz CT molecular complexity index is 599. The minimum absolute atomic E-state index is 0.304. The average Bonchev–Trinajstić information content (AvgIpc) is 2.53. The number of rotatable bonds is 3. The molecule has 1 aromatic carbocycles. The first kappa shape index (κ1) is 13.3. The molecule has 1 aliphatic heterocycles. The lowest BCUT2D eigenvalue weighted by molar-refractivity contribution is 0.0382. The lowest BCUT2D eigenvalue weighted by atomic mass is 10.1. The molecular formula is C16H21N3O. The molecule has 1 aliphatic rings. The van der Waals surface area contributed by atoms with E-state index in [2.05, 4.69) is 30.0 Å². The van der Waals surface area contributed by atoms with Crippen molar-refractivity contribution in [3.05, 3.63) is 35.9 Å². The van der Waals surface area contributed by atoms with Crippen LogP contribution in [-0.2, 0) is 11.3 Å². The van der Waals surface area contributed by atoms with E-state index in [0.29, 0.717) is 12.6 Å². The van der Waals surface area contributed by atoms with Gasteiger partial charge in [-0.1, -0.05) is 25.1 Å². The van der Waals surface area contributed by atoms with Gasteiger partial charge in [0.1, 0.15) is 5.82 Å². The van der Waals surface area contributed by atoms with Gasteiger partial charge in [-0.3, -0.25) is 0 Å². The maximum absolute atomic E-state index is 5.90. The molecule has 0 radical (unpaired) electrons. The highest BCUT2D eigenvalue weighted by Gasteiger charge is 2.20. The zero-order valence-electron chi connectivity index (χ0n) is 11.9. The average molecular weight is 271 g/mol. The number of pyridine rings is 1. The van der Waals surface area contributed by atoms with E-state index in [1.807, 2.05) is 12.1 Å². The van der Waals surface area contributed by atoms with Crippen LogP contribution in [0.4, 0.5) is 5.82 Å². The lowest BCUT2D eigenvalue weighted by Crippen LogP contribution is -2.42. The van der Waals surface area contributed by atoms with Crippen LogP contribution in [-0.4, -0.2) is 30.8 Å². The third kappa shape index (κ3) is 2.49. The van der Waals surface area contributed by atoms with Crippen LogP contribution in [0, 0.1) is 0 Å². The SMILES string of the molecule is CCC1CN(c2cc(CN)c3ccccc3n2)CCO1. The normalized spacial score (nSPS) is 19.5. The summed E-state index contributed by atoms with van der Waals surface area (Å²) in [5.41, 5.74) is 8.07. The summed E-state index contributed by atoms with van der Waals surface area (Å²) in [5.74, 6) is 1.02. The Morgan fingerprint density at radius 3 is 3.05 bits per heavy atom. The molecule has 2 aromatic rings. The van der Waals surface area contributed by atoms with E-state index in [0.717, 1.165) is 48.4 Å². The fourth-order valence-electron chi connectivity index (χ4n) is 2.74. The molecule has 1 unspecified atom stereocenters. The third-order valence-electron chi connectivity index (χ3n) is 3.93. The molecule has 1 saturated heterocycles. The number of aromatic nitrogens is 1. The smallest absolute Gasteiger partial charge is 0.129 e. The summed E-state index contributed by atoms with van der Waals surface area (Å²) < 4.78 is 5.73. The third-order valence-corrected chi connectivity index (χ3v) is 3.93. The first-order valence-corrected chi connectivity index (χ1v) is 7.27. The first-order chi connectivity index (χ1) is 9.81. The number of ether oxygens (including phenoxy) is 1. The number of anilines is 1. The van der Waals surface area contributed by atoms with Crippen molar-refractivity contribution in [2.75, 3.05) is 24.6 Å². The number of benzene rings is 1. The molecule has 0 bridgehead atoms. The van der Waals surface area contributed by atoms with Crippen molar-refractivity contribution in [1.82, 2.24) is 4.98 Å².